The highest BCUT2D eigenvalue weighted by Crippen LogP contribution is 2.28. The number of benzene rings is 1. The van der Waals surface area contributed by atoms with Crippen molar-refractivity contribution in [3.05, 3.63) is 24.0 Å². The van der Waals surface area contributed by atoms with Crippen molar-refractivity contribution in [3.8, 4) is 5.75 Å². The van der Waals surface area contributed by atoms with Crippen molar-refractivity contribution in [2.45, 2.75) is 44.9 Å². The van der Waals surface area contributed by atoms with E-state index in [0.29, 0.717) is 13.0 Å². The molecule has 2 N–H and O–H groups in total. The monoisotopic (exact) mass is 332 g/mol. The zero-order valence-electron chi connectivity index (χ0n) is 12.9. The topological polar surface area (TPSA) is 61.8 Å². The van der Waals surface area contributed by atoms with E-state index < -0.39 is 29.8 Å². The van der Waals surface area contributed by atoms with E-state index in [-0.39, 0.29) is 11.7 Å². The van der Waals surface area contributed by atoms with Gasteiger partial charge in [0.1, 0.15) is 0 Å². The number of ether oxygens (including phenoxy) is 1. The number of aliphatic hydroxyl groups is 1. The van der Waals surface area contributed by atoms with Crippen molar-refractivity contribution in [1.82, 2.24) is 4.90 Å². The molecule has 1 aromatic rings. The summed E-state index contributed by atoms with van der Waals surface area (Å²) < 4.78 is 41.8. The molecular weight excluding hydrogens is 313 g/mol. The lowest BCUT2D eigenvalue weighted by molar-refractivity contribution is -0.0521. The summed E-state index contributed by atoms with van der Waals surface area (Å²) in [5, 5.41) is 12.6. The Balaban J connectivity index is 2.07. The van der Waals surface area contributed by atoms with E-state index in [0.717, 1.165) is 18.6 Å². The molecule has 1 aliphatic rings. The van der Waals surface area contributed by atoms with Gasteiger partial charge in [0.2, 0.25) is 0 Å². The Morgan fingerprint density at radius 2 is 2.17 bits per heavy atom. The van der Waals surface area contributed by atoms with E-state index in [1.165, 1.54) is 11.0 Å². The third kappa shape index (κ3) is 4.28. The van der Waals surface area contributed by atoms with Gasteiger partial charge in [-0.05, 0) is 38.8 Å². The minimum absolute atomic E-state index is 0.121. The van der Waals surface area contributed by atoms with Crippen molar-refractivity contribution in [2.75, 3.05) is 11.9 Å². The average Bonchev–Trinajstić information content (AvgIpc) is 2.91. The fourth-order valence-corrected chi connectivity index (χ4v) is 2.71. The average molecular weight is 332 g/mol. The Morgan fingerprint density at radius 3 is 2.74 bits per heavy atom. The van der Waals surface area contributed by atoms with Crippen molar-refractivity contribution in [1.29, 1.82) is 0 Å². The smallest absolute Gasteiger partial charge is 0.387 e. The molecule has 5 nitrogen and oxygen atoms in total. The first-order valence-corrected chi connectivity index (χ1v) is 7.23. The summed E-state index contributed by atoms with van der Waals surface area (Å²) in [7, 11) is 0. The molecule has 8 heteroatoms. The molecule has 0 spiro atoms. The van der Waals surface area contributed by atoms with Crippen molar-refractivity contribution in [2.24, 2.45) is 0 Å². The van der Waals surface area contributed by atoms with Crippen LogP contribution in [0.25, 0.3) is 0 Å². The lowest BCUT2D eigenvalue weighted by atomic mass is 9.97. The van der Waals surface area contributed by atoms with Gasteiger partial charge in [-0.25, -0.2) is 9.18 Å². The van der Waals surface area contributed by atoms with Crippen LogP contribution in [0.1, 0.15) is 26.7 Å². The number of alkyl halides is 2. The van der Waals surface area contributed by atoms with Crippen LogP contribution in [0.2, 0.25) is 0 Å². The maximum atomic E-state index is 13.6. The van der Waals surface area contributed by atoms with Gasteiger partial charge < -0.3 is 20.1 Å². The molecule has 0 saturated carbocycles. The molecular formula is C15H19F3N2O3. The SMILES string of the molecule is CC(C)(O)C1CCCN1C(=O)Nc1ccc(OC(F)F)c(F)c1. The van der Waals surface area contributed by atoms with Gasteiger partial charge in [-0.3, -0.25) is 0 Å². The predicted molar refractivity (Wildman–Crippen MR) is 78.1 cm³/mol. The van der Waals surface area contributed by atoms with Gasteiger partial charge in [0, 0.05) is 18.3 Å². The van der Waals surface area contributed by atoms with Gasteiger partial charge in [0.05, 0.1) is 11.6 Å². The van der Waals surface area contributed by atoms with Crippen molar-refractivity contribution >= 4 is 11.7 Å². The molecule has 0 bridgehead atoms. The van der Waals surface area contributed by atoms with Crippen LogP contribution >= 0.6 is 0 Å². The molecule has 1 heterocycles. The third-order valence-corrected chi connectivity index (χ3v) is 3.73. The lowest BCUT2D eigenvalue weighted by Crippen LogP contribution is -2.49. The van der Waals surface area contributed by atoms with Gasteiger partial charge in [-0.2, -0.15) is 8.78 Å². The predicted octanol–water partition coefficient (Wildman–Crippen LogP) is 3.19. The third-order valence-electron chi connectivity index (χ3n) is 3.73. The summed E-state index contributed by atoms with van der Waals surface area (Å²) in [5.74, 6) is -1.59. The first-order chi connectivity index (χ1) is 10.7. The van der Waals surface area contributed by atoms with E-state index in [4.69, 9.17) is 0 Å². The van der Waals surface area contributed by atoms with Crippen LogP contribution in [0.5, 0.6) is 5.75 Å². The molecule has 1 saturated heterocycles. The Kier molecular flexibility index (Phi) is 5.03. The molecule has 1 aromatic carbocycles. The first kappa shape index (κ1) is 17.4. The van der Waals surface area contributed by atoms with Crippen LogP contribution in [0, 0.1) is 5.82 Å². The Bertz CT molecular complexity index is 576. The van der Waals surface area contributed by atoms with E-state index in [9.17, 15) is 23.1 Å². The number of rotatable bonds is 4. The quantitative estimate of drug-likeness (QED) is 0.890. The van der Waals surface area contributed by atoms with E-state index in [1.54, 1.807) is 13.8 Å². The fraction of sp³-hybridized carbons (Fsp3) is 0.533. The maximum Gasteiger partial charge on any atom is 0.387 e. The number of halogens is 3. The Labute approximate surface area is 132 Å². The summed E-state index contributed by atoms with van der Waals surface area (Å²) in [5.41, 5.74) is -0.927. The molecule has 1 unspecified atom stereocenters. The molecule has 1 atom stereocenters. The number of carbonyl (C=O) groups is 1. The first-order valence-electron chi connectivity index (χ1n) is 7.23. The summed E-state index contributed by atoms with van der Waals surface area (Å²) in [6.07, 6.45) is 1.43. The van der Waals surface area contributed by atoms with Crippen LogP contribution < -0.4 is 10.1 Å². The fourth-order valence-electron chi connectivity index (χ4n) is 2.71. The number of anilines is 1. The van der Waals surface area contributed by atoms with Crippen LogP contribution in [0.4, 0.5) is 23.7 Å². The highest BCUT2D eigenvalue weighted by Gasteiger charge is 2.38. The number of carbonyl (C=O) groups excluding carboxylic acids is 1. The van der Waals surface area contributed by atoms with E-state index >= 15 is 0 Å². The lowest BCUT2D eigenvalue weighted by Gasteiger charge is -2.33. The minimum Gasteiger partial charge on any atom is -0.432 e. The van der Waals surface area contributed by atoms with Gasteiger partial charge in [-0.15, -0.1) is 0 Å². The zero-order valence-corrected chi connectivity index (χ0v) is 12.9. The molecule has 0 aliphatic carbocycles. The zero-order chi connectivity index (χ0) is 17.2. The number of amides is 2. The van der Waals surface area contributed by atoms with Crippen LogP contribution in [-0.2, 0) is 0 Å². The van der Waals surface area contributed by atoms with Crippen LogP contribution in [0.15, 0.2) is 18.2 Å². The number of urea groups is 1. The highest BCUT2D eigenvalue weighted by molar-refractivity contribution is 5.89. The molecule has 2 amide bonds. The molecule has 1 fully saturated rings. The Morgan fingerprint density at radius 1 is 1.48 bits per heavy atom. The second kappa shape index (κ2) is 6.66. The number of nitrogens with zero attached hydrogens (tertiary/aromatic N) is 1. The number of hydrogen-bond acceptors (Lipinski definition) is 3. The molecule has 1 aliphatic heterocycles. The van der Waals surface area contributed by atoms with Crippen molar-refractivity contribution < 1.29 is 27.8 Å². The standard InChI is InChI=1S/C15H19F3N2O3/c1-15(2,22)12-4-3-7-20(12)14(21)19-9-5-6-11(10(16)8-9)23-13(17)18/h5-6,8,12-13,22H,3-4,7H2,1-2H3,(H,19,21). The highest BCUT2D eigenvalue weighted by atomic mass is 19.3. The number of likely N-dealkylation sites (tertiary alicyclic amines) is 1. The number of hydrogen-bond donors (Lipinski definition) is 2. The Hall–Kier alpha value is -1.96. The molecule has 23 heavy (non-hydrogen) atoms. The second-order valence-electron chi connectivity index (χ2n) is 5.96. The normalized spacial score (nSPS) is 18.4. The van der Waals surface area contributed by atoms with Crippen LogP contribution in [0.3, 0.4) is 0 Å². The van der Waals surface area contributed by atoms with E-state index in [1.807, 2.05) is 0 Å². The molecule has 0 aromatic heterocycles. The molecule has 2 rings (SSSR count). The van der Waals surface area contributed by atoms with Gasteiger partial charge in [0.25, 0.3) is 0 Å². The summed E-state index contributed by atoms with van der Waals surface area (Å²) in [6.45, 7) is 0.607. The number of nitrogens with one attached hydrogen (secondary N) is 1. The summed E-state index contributed by atoms with van der Waals surface area (Å²) >= 11 is 0. The maximum absolute atomic E-state index is 13.6. The summed E-state index contributed by atoms with van der Waals surface area (Å²) in [6, 6.07) is 2.39. The largest absolute Gasteiger partial charge is 0.432 e. The van der Waals surface area contributed by atoms with Gasteiger partial charge in [0.15, 0.2) is 11.6 Å². The minimum atomic E-state index is -3.12. The van der Waals surface area contributed by atoms with Crippen LogP contribution in [-0.4, -0.2) is 40.8 Å². The van der Waals surface area contributed by atoms with Gasteiger partial charge in [-0.1, -0.05) is 0 Å². The van der Waals surface area contributed by atoms with Gasteiger partial charge >= 0.3 is 12.6 Å². The second-order valence-corrected chi connectivity index (χ2v) is 5.96. The molecule has 128 valence electrons. The van der Waals surface area contributed by atoms with E-state index in [2.05, 4.69) is 10.1 Å². The van der Waals surface area contributed by atoms with Crippen molar-refractivity contribution in [3.63, 3.8) is 0 Å². The summed E-state index contributed by atoms with van der Waals surface area (Å²) in [4.78, 5) is 13.8. The molecule has 0 radical (unpaired) electrons.